The molecule has 0 amide bonds. The standard InChI is InChI=1S/C17H11BrF8/c1-2-9-7-12(15(20,16(21,22)23)17(24,25)26)14(13(18)8-9)10-3-5-11(19)6-4-10/h3-8H,2H2,1H3. The quantitative estimate of drug-likeness (QED) is 0.440. The van der Waals surface area contributed by atoms with E-state index in [1.807, 2.05) is 0 Å². The molecule has 2 aromatic carbocycles. The second-order valence-electron chi connectivity index (χ2n) is 5.51. The van der Waals surface area contributed by atoms with Gasteiger partial charge < -0.3 is 0 Å². The molecular formula is C17H11BrF8. The highest BCUT2D eigenvalue weighted by atomic mass is 79.9. The van der Waals surface area contributed by atoms with E-state index in [-0.39, 0.29) is 22.0 Å². The topological polar surface area (TPSA) is 0 Å². The first-order valence-corrected chi connectivity index (χ1v) is 8.03. The van der Waals surface area contributed by atoms with Gasteiger partial charge >= 0.3 is 18.0 Å². The van der Waals surface area contributed by atoms with Crippen LogP contribution in [-0.4, -0.2) is 12.4 Å². The van der Waals surface area contributed by atoms with Crippen LogP contribution in [0.4, 0.5) is 35.1 Å². The van der Waals surface area contributed by atoms with Crippen LogP contribution in [0.25, 0.3) is 11.1 Å². The summed E-state index contributed by atoms with van der Waals surface area (Å²) in [6.45, 7) is 1.50. The lowest BCUT2D eigenvalue weighted by Crippen LogP contribution is -2.50. The van der Waals surface area contributed by atoms with Gasteiger partial charge in [-0.05, 0) is 35.7 Å². The average molecular weight is 447 g/mol. The molecule has 2 aromatic rings. The van der Waals surface area contributed by atoms with Crippen molar-refractivity contribution in [2.24, 2.45) is 0 Å². The zero-order chi connectivity index (χ0) is 19.9. The van der Waals surface area contributed by atoms with Crippen LogP contribution >= 0.6 is 15.9 Å². The van der Waals surface area contributed by atoms with Gasteiger partial charge in [0.25, 0.3) is 0 Å². The fraction of sp³-hybridized carbons (Fsp3) is 0.294. The van der Waals surface area contributed by atoms with Gasteiger partial charge in [-0.15, -0.1) is 0 Å². The number of rotatable bonds is 3. The molecular weight excluding hydrogens is 436 g/mol. The summed E-state index contributed by atoms with van der Waals surface area (Å²) >= 11 is 2.92. The van der Waals surface area contributed by atoms with E-state index in [2.05, 4.69) is 15.9 Å². The van der Waals surface area contributed by atoms with Crippen LogP contribution in [0, 0.1) is 5.82 Å². The third-order valence-electron chi connectivity index (χ3n) is 3.84. The Bertz CT molecular complexity index is 776. The summed E-state index contributed by atoms with van der Waals surface area (Å²) in [5.41, 5.74) is -7.92. The Morgan fingerprint density at radius 3 is 1.77 bits per heavy atom. The molecule has 0 aromatic heterocycles. The van der Waals surface area contributed by atoms with E-state index in [0.29, 0.717) is 6.07 Å². The highest BCUT2D eigenvalue weighted by Gasteiger charge is 2.74. The Balaban J connectivity index is 2.93. The molecule has 0 saturated carbocycles. The van der Waals surface area contributed by atoms with Gasteiger partial charge in [0, 0.05) is 15.6 Å². The molecule has 0 radical (unpaired) electrons. The molecule has 0 aliphatic heterocycles. The van der Waals surface area contributed by atoms with Crippen LogP contribution in [0.2, 0.25) is 0 Å². The van der Waals surface area contributed by atoms with Crippen molar-refractivity contribution < 1.29 is 35.1 Å². The van der Waals surface area contributed by atoms with Crippen LogP contribution in [0.5, 0.6) is 0 Å². The molecule has 0 aliphatic rings. The van der Waals surface area contributed by atoms with Gasteiger partial charge in [0.05, 0.1) is 0 Å². The van der Waals surface area contributed by atoms with Gasteiger partial charge in [-0.1, -0.05) is 41.1 Å². The highest BCUT2D eigenvalue weighted by molar-refractivity contribution is 9.10. The van der Waals surface area contributed by atoms with Crippen LogP contribution in [0.1, 0.15) is 18.1 Å². The van der Waals surface area contributed by atoms with E-state index in [9.17, 15) is 35.1 Å². The zero-order valence-corrected chi connectivity index (χ0v) is 14.7. The molecule has 0 unspecified atom stereocenters. The molecule has 142 valence electrons. The SMILES string of the molecule is CCc1cc(Br)c(-c2ccc(F)cc2)c(C(F)(C(F)(F)F)C(F)(F)F)c1. The van der Waals surface area contributed by atoms with E-state index < -0.39 is 35.0 Å². The zero-order valence-electron chi connectivity index (χ0n) is 13.1. The van der Waals surface area contributed by atoms with Crippen molar-refractivity contribution >= 4 is 15.9 Å². The molecule has 0 nitrogen and oxygen atoms in total. The monoisotopic (exact) mass is 446 g/mol. The van der Waals surface area contributed by atoms with Gasteiger partial charge in [-0.25, -0.2) is 8.78 Å². The van der Waals surface area contributed by atoms with Crippen molar-refractivity contribution in [1.82, 2.24) is 0 Å². The van der Waals surface area contributed by atoms with Crippen molar-refractivity contribution in [2.45, 2.75) is 31.4 Å². The number of hydrogen-bond acceptors (Lipinski definition) is 0. The molecule has 0 atom stereocenters. The first kappa shape index (κ1) is 20.7. The average Bonchev–Trinajstić information content (AvgIpc) is 2.52. The van der Waals surface area contributed by atoms with Crippen molar-refractivity contribution in [3.05, 3.63) is 57.8 Å². The molecule has 0 heterocycles. The summed E-state index contributed by atoms with van der Waals surface area (Å²) in [6.07, 6.45) is -12.4. The highest BCUT2D eigenvalue weighted by Crippen LogP contribution is 2.56. The number of benzene rings is 2. The number of hydrogen-bond donors (Lipinski definition) is 0. The molecule has 0 aliphatic carbocycles. The Kier molecular flexibility index (Phi) is 5.43. The van der Waals surface area contributed by atoms with Crippen molar-refractivity contribution in [3.8, 4) is 11.1 Å². The van der Waals surface area contributed by atoms with Crippen LogP contribution in [-0.2, 0) is 12.1 Å². The van der Waals surface area contributed by atoms with Crippen molar-refractivity contribution in [1.29, 1.82) is 0 Å². The predicted molar refractivity (Wildman–Crippen MR) is 83.8 cm³/mol. The van der Waals surface area contributed by atoms with E-state index in [1.54, 1.807) is 0 Å². The Morgan fingerprint density at radius 1 is 0.846 bits per heavy atom. The maximum absolute atomic E-state index is 14.7. The summed E-state index contributed by atoms with van der Waals surface area (Å²) < 4.78 is 107. The summed E-state index contributed by atoms with van der Waals surface area (Å²) in [7, 11) is 0. The number of aryl methyl sites for hydroxylation is 1. The third kappa shape index (κ3) is 3.45. The second-order valence-corrected chi connectivity index (χ2v) is 6.37. The Hall–Kier alpha value is -1.64. The summed E-state index contributed by atoms with van der Waals surface area (Å²) in [6, 6.07) is 5.54. The Morgan fingerprint density at radius 2 is 1.35 bits per heavy atom. The number of alkyl halides is 7. The Labute approximate surface area is 152 Å². The molecule has 9 heteroatoms. The second kappa shape index (κ2) is 6.83. The van der Waals surface area contributed by atoms with Crippen LogP contribution < -0.4 is 0 Å². The summed E-state index contributed by atoms with van der Waals surface area (Å²) in [5.74, 6) is -0.741. The fourth-order valence-corrected chi connectivity index (χ4v) is 3.25. The molecule has 0 spiro atoms. The summed E-state index contributed by atoms with van der Waals surface area (Å²) in [4.78, 5) is 0. The number of halogens is 9. The summed E-state index contributed by atoms with van der Waals surface area (Å²) in [5, 5.41) is 0. The normalized spacial score (nSPS) is 13.2. The van der Waals surface area contributed by atoms with E-state index in [4.69, 9.17) is 0 Å². The van der Waals surface area contributed by atoms with E-state index in [0.717, 1.165) is 24.3 Å². The minimum Gasteiger partial charge on any atom is -0.218 e. The van der Waals surface area contributed by atoms with E-state index >= 15 is 0 Å². The van der Waals surface area contributed by atoms with Crippen molar-refractivity contribution in [3.63, 3.8) is 0 Å². The lowest BCUT2D eigenvalue weighted by molar-refractivity contribution is -0.348. The largest absolute Gasteiger partial charge is 0.435 e. The van der Waals surface area contributed by atoms with Gasteiger partial charge in [0.2, 0.25) is 0 Å². The van der Waals surface area contributed by atoms with Gasteiger partial charge in [-0.3, -0.25) is 0 Å². The van der Waals surface area contributed by atoms with Crippen LogP contribution in [0.3, 0.4) is 0 Å². The van der Waals surface area contributed by atoms with E-state index in [1.165, 1.54) is 13.0 Å². The van der Waals surface area contributed by atoms with Gasteiger partial charge in [0.15, 0.2) is 0 Å². The molecule has 0 bridgehead atoms. The lowest BCUT2D eigenvalue weighted by atomic mass is 9.85. The molecule has 2 rings (SSSR count). The van der Waals surface area contributed by atoms with Gasteiger partial charge in [-0.2, -0.15) is 26.3 Å². The molecule has 0 fully saturated rings. The lowest BCUT2D eigenvalue weighted by Gasteiger charge is -2.32. The van der Waals surface area contributed by atoms with Gasteiger partial charge in [0.1, 0.15) is 5.82 Å². The fourth-order valence-electron chi connectivity index (χ4n) is 2.51. The predicted octanol–water partition coefficient (Wildman–Crippen LogP) is 7.11. The maximum Gasteiger partial charge on any atom is 0.435 e. The smallest absolute Gasteiger partial charge is 0.218 e. The minimum atomic E-state index is -6.24. The molecule has 0 N–H and O–H groups in total. The van der Waals surface area contributed by atoms with Crippen molar-refractivity contribution in [2.75, 3.05) is 0 Å². The first-order valence-electron chi connectivity index (χ1n) is 7.24. The molecule has 0 saturated heterocycles. The maximum atomic E-state index is 14.7. The van der Waals surface area contributed by atoms with Crippen LogP contribution in [0.15, 0.2) is 40.9 Å². The minimum absolute atomic E-state index is 0.0771. The third-order valence-corrected chi connectivity index (χ3v) is 4.47. The first-order chi connectivity index (χ1) is 11.8. The molecule has 26 heavy (non-hydrogen) atoms.